The van der Waals surface area contributed by atoms with E-state index in [1.165, 1.54) is 0 Å². The summed E-state index contributed by atoms with van der Waals surface area (Å²) < 4.78 is 0. The topological polar surface area (TPSA) is 20.3 Å². The van der Waals surface area contributed by atoms with Gasteiger partial charge in [0.15, 0.2) is 0 Å². The number of hydrogen-bond donors (Lipinski definition) is 0. The fourth-order valence-corrected chi connectivity index (χ4v) is 1.28. The van der Waals surface area contributed by atoms with Crippen LogP contribution < -0.4 is 0 Å². The lowest BCUT2D eigenvalue weighted by Crippen LogP contribution is -2.35. The third-order valence-electron chi connectivity index (χ3n) is 2.10. The fourth-order valence-electron chi connectivity index (χ4n) is 1.03. The minimum absolute atomic E-state index is 0.265. The SMILES string of the molecule is CCCCN(C(=O)Cl)C(C)CC. The van der Waals surface area contributed by atoms with Gasteiger partial charge in [0.2, 0.25) is 0 Å². The quantitative estimate of drug-likeness (QED) is 0.483. The van der Waals surface area contributed by atoms with Crippen molar-refractivity contribution < 1.29 is 4.79 Å². The van der Waals surface area contributed by atoms with E-state index < -0.39 is 0 Å². The van der Waals surface area contributed by atoms with Gasteiger partial charge in [0, 0.05) is 12.6 Å². The highest BCUT2D eigenvalue weighted by Crippen LogP contribution is 2.08. The van der Waals surface area contributed by atoms with Gasteiger partial charge in [0.1, 0.15) is 0 Å². The van der Waals surface area contributed by atoms with Crippen molar-refractivity contribution in [3.63, 3.8) is 0 Å². The number of carbonyl (C=O) groups is 1. The summed E-state index contributed by atoms with van der Waals surface area (Å²) in [4.78, 5) is 12.7. The molecular weight excluding hydrogens is 174 g/mol. The number of carbonyl (C=O) groups excluding carboxylic acids is 1. The first-order chi connectivity index (χ1) is 5.63. The van der Waals surface area contributed by atoms with Crippen LogP contribution in [0.1, 0.15) is 40.0 Å². The van der Waals surface area contributed by atoms with Crippen LogP contribution in [0.5, 0.6) is 0 Å². The molecule has 0 spiro atoms. The highest BCUT2D eigenvalue weighted by molar-refractivity contribution is 6.62. The number of rotatable bonds is 5. The van der Waals surface area contributed by atoms with Gasteiger partial charge in [-0.1, -0.05) is 20.3 Å². The molecule has 0 heterocycles. The lowest BCUT2D eigenvalue weighted by atomic mass is 10.2. The monoisotopic (exact) mass is 191 g/mol. The molecule has 1 unspecified atom stereocenters. The molecule has 0 aliphatic carbocycles. The molecule has 0 aromatic carbocycles. The molecule has 2 nitrogen and oxygen atoms in total. The van der Waals surface area contributed by atoms with Crippen molar-refractivity contribution in [2.75, 3.05) is 6.54 Å². The second-order valence-corrected chi connectivity index (χ2v) is 3.38. The maximum Gasteiger partial charge on any atom is 0.316 e. The standard InChI is InChI=1S/C9H18ClNO/c1-4-6-7-11(9(10)12)8(3)5-2/h8H,4-7H2,1-3H3. The van der Waals surface area contributed by atoms with E-state index in [1.54, 1.807) is 4.90 Å². The molecule has 0 rings (SSSR count). The molecule has 0 aromatic heterocycles. The summed E-state index contributed by atoms with van der Waals surface area (Å²) in [5.74, 6) is 0. The van der Waals surface area contributed by atoms with Crippen LogP contribution in [0.15, 0.2) is 0 Å². The van der Waals surface area contributed by atoms with Gasteiger partial charge in [0.25, 0.3) is 0 Å². The van der Waals surface area contributed by atoms with Crippen molar-refractivity contribution in [1.29, 1.82) is 0 Å². The number of halogens is 1. The van der Waals surface area contributed by atoms with Gasteiger partial charge >= 0.3 is 5.37 Å². The van der Waals surface area contributed by atoms with Crippen LogP contribution in [0.25, 0.3) is 0 Å². The summed E-state index contributed by atoms with van der Waals surface area (Å²) in [7, 11) is 0. The summed E-state index contributed by atoms with van der Waals surface area (Å²) in [6, 6.07) is 0.265. The molecule has 0 N–H and O–H groups in total. The van der Waals surface area contributed by atoms with Crippen LogP contribution >= 0.6 is 11.6 Å². The summed E-state index contributed by atoms with van der Waals surface area (Å²) in [6.45, 7) is 6.97. The van der Waals surface area contributed by atoms with Gasteiger partial charge in [-0.05, 0) is 31.4 Å². The van der Waals surface area contributed by atoms with Crippen LogP contribution in [-0.2, 0) is 0 Å². The predicted molar refractivity (Wildman–Crippen MR) is 52.6 cm³/mol. The van der Waals surface area contributed by atoms with Crippen molar-refractivity contribution >= 4 is 17.0 Å². The number of unbranched alkanes of at least 4 members (excludes halogenated alkanes) is 1. The normalized spacial score (nSPS) is 12.7. The lowest BCUT2D eigenvalue weighted by Gasteiger charge is -2.25. The summed E-state index contributed by atoms with van der Waals surface area (Å²) >= 11 is 5.44. The highest BCUT2D eigenvalue weighted by atomic mass is 35.5. The minimum Gasteiger partial charge on any atom is -0.327 e. The summed E-state index contributed by atoms with van der Waals surface area (Å²) in [5.41, 5.74) is 0. The van der Waals surface area contributed by atoms with Crippen molar-refractivity contribution in [3.05, 3.63) is 0 Å². The molecular formula is C9H18ClNO. The van der Waals surface area contributed by atoms with E-state index in [9.17, 15) is 4.79 Å². The van der Waals surface area contributed by atoms with E-state index in [0.717, 1.165) is 25.8 Å². The summed E-state index contributed by atoms with van der Waals surface area (Å²) in [6.07, 6.45) is 3.09. The Bertz CT molecular complexity index is 138. The van der Waals surface area contributed by atoms with Crippen LogP contribution in [0.2, 0.25) is 0 Å². The average molecular weight is 192 g/mol. The molecule has 0 fully saturated rings. The smallest absolute Gasteiger partial charge is 0.316 e. The average Bonchev–Trinajstić information content (AvgIpc) is 2.04. The Kier molecular flexibility index (Phi) is 6.17. The van der Waals surface area contributed by atoms with Gasteiger partial charge in [-0.15, -0.1) is 0 Å². The van der Waals surface area contributed by atoms with E-state index in [2.05, 4.69) is 13.8 Å². The van der Waals surface area contributed by atoms with Gasteiger partial charge < -0.3 is 4.90 Å². The van der Waals surface area contributed by atoms with E-state index in [0.29, 0.717) is 0 Å². The van der Waals surface area contributed by atoms with E-state index >= 15 is 0 Å². The van der Waals surface area contributed by atoms with E-state index in [4.69, 9.17) is 11.6 Å². The van der Waals surface area contributed by atoms with E-state index in [-0.39, 0.29) is 11.4 Å². The second-order valence-electron chi connectivity index (χ2n) is 3.06. The van der Waals surface area contributed by atoms with Gasteiger partial charge in [-0.2, -0.15) is 0 Å². The van der Waals surface area contributed by atoms with Crippen LogP contribution in [0, 0.1) is 0 Å². The Balaban J connectivity index is 3.94. The zero-order chi connectivity index (χ0) is 9.56. The van der Waals surface area contributed by atoms with Gasteiger partial charge in [-0.25, -0.2) is 0 Å². The molecule has 0 aromatic rings. The molecule has 12 heavy (non-hydrogen) atoms. The first kappa shape index (κ1) is 11.8. The Labute approximate surface area is 79.9 Å². The molecule has 1 amide bonds. The molecule has 1 atom stereocenters. The first-order valence-corrected chi connectivity index (χ1v) is 4.97. The zero-order valence-corrected chi connectivity index (χ0v) is 8.90. The predicted octanol–water partition coefficient (Wildman–Crippen LogP) is 3.25. The van der Waals surface area contributed by atoms with Crippen LogP contribution in [-0.4, -0.2) is 22.9 Å². The fraction of sp³-hybridized carbons (Fsp3) is 0.889. The molecule has 0 aliphatic heterocycles. The Morgan fingerprint density at radius 1 is 1.50 bits per heavy atom. The first-order valence-electron chi connectivity index (χ1n) is 4.59. The minimum atomic E-state index is -0.321. The largest absolute Gasteiger partial charge is 0.327 e. The van der Waals surface area contributed by atoms with Crippen LogP contribution in [0.4, 0.5) is 4.79 Å². The number of amides is 1. The maximum atomic E-state index is 10.9. The van der Waals surface area contributed by atoms with Crippen molar-refractivity contribution in [3.8, 4) is 0 Å². The highest BCUT2D eigenvalue weighted by Gasteiger charge is 2.15. The molecule has 0 radical (unpaired) electrons. The maximum absolute atomic E-state index is 10.9. The third-order valence-corrected chi connectivity index (χ3v) is 2.32. The second kappa shape index (κ2) is 6.30. The van der Waals surface area contributed by atoms with Crippen molar-refractivity contribution in [2.24, 2.45) is 0 Å². The molecule has 3 heteroatoms. The molecule has 72 valence electrons. The molecule has 0 saturated heterocycles. The Morgan fingerprint density at radius 2 is 2.08 bits per heavy atom. The van der Waals surface area contributed by atoms with E-state index in [1.807, 2.05) is 6.92 Å². The van der Waals surface area contributed by atoms with Crippen LogP contribution in [0.3, 0.4) is 0 Å². The van der Waals surface area contributed by atoms with Gasteiger partial charge in [0.05, 0.1) is 0 Å². The molecule has 0 bridgehead atoms. The Hall–Kier alpha value is -0.240. The lowest BCUT2D eigenvalue weighted by molar-refractivity contribution is 0.199. The number of nitrogens with zero attached hydrogens (tertiary/aromatic N) is 1. The molecule has 0 saturated carbocycles. The number of hydrogen-bond acceptors (Lipinski definition) is 1. The molecule has 0 aliphatic rings. The van der Waals surface area contributed by atoms with Crippen molar-refractivity contribution in [2.45, 2.75) is 46.1 Å². The summed E-state index contributed by atoms with van der Waals surface area (Å²) in [5, 5.41) is -0.321. The van der Waals surface area contributed by atoms with Gasteiger partial charge in [-0.3, -0.25) is 4.79 Å². The Morgan fingerprint density at radius 3 is 2.42 bits per heavy atom. The van der Waals surface area contributed by atoms with Crippen molar-refractivity contribution in [1.82, 2.24) is 4.90 Å². The zero-order valence-electron chi connectivity index (χ0n) is 8.14. The third kappa shape index (κ3) is 3.96.